The van der Waals surface area contributed by atoms with Crippen LogP contribution in [0.5, 0.6) is 0 Å². The maximum atomic E-state index is 5.56. The van der Waals surface area contributed by atoms with Gasteiger partial charge < -0.3 is 16.0 Å². The first-order valence-corrected chi connectivity index (χ1v) is 11.0. The van der Waals surface area contributed by atoms with Crippen molar-refractivity contribution in [2.24, 2.45) is 0 Å². The number of anilines is 2. The summed E-state index contributed by atoms with van der Waals surface area (Å²) in [5.74, 6) is 0. The first kappa shape index (κ1) is 17.8. The molecule has 3 N–H and O–H groups in total. The molecule has 4 nitrogen and oxygen atoms in total. The van der Waals surface area contributed by atoms with Gasteiger partial charge in [-0.15, -0.1) is 0 Å². The van der Waals surface area contributed by atoms with Gasteiger partial charge in [-0.2, -0.15) is 0 Å². The van der Waals surface area contributed by atoms with Crippen molar-refractivity contribution in [1.29, 1.82) is 0 Å². The zero-order valence-corrected chi connectivity index (χ0v) is 17.1. The molecule has 1 aromatic heterocycles. The lowest BCUT2D eigenvalue weighted by atomic mass is 10.0. The molecule has 1 unspecified atom stereocenters. The molecule has 142 valence electrons. The highest BCUT2D eigenvalue weighted by atomic mass is 32.2. The monoisotopic (exact) mass is 406 g/mol. The molecule has 2 aromatic rings. The molecule has 0 radical (unpaired) electrons. The topological polar surface area (TPSA) is 49.0 Å². The van der Waals surface area contributed by atoms with Crippen molar-refractivity contribution in [3.63, 3.8) is 0 Å². The molecule has 28 heavy (non-hydrogen) atoms. The van der Waals surface area contributed by atoms with E-state index in [-0.39, 0.29) is 5.37 Å². The van der Waals surface area contributed by atoms with Crippen molar-refractivity contribution in [3.05, 3.63) is 71.2 Å². The Bertz CT molecular complexity index is 971. The summed E-state index contributed by atoms with van der Waals surface area (Å²) in [6.07, 6.45) is 13.9. The highest BCUT2D eigenvalue weighted by Crippen LogP contribution is 2.41. The lowest BCUT2D eigenvalue weighted by Crippen LogP contribution is -2.29. The van der Waals surface area contributed by atoms with Crippen molar-refractivity contribution in [3.8, 4) is 0 Å². The quantitative estimate of drug-likeness (QED) is 0.623. The van der Waals surface area contributed by atoms with Crippen molar-refractivity contribution >= 4 is 40.5 Å². The van der Waals surface area contributed by atoms with Crippen LogP contribution in [0, 0.1) is 0 Å². The van der Waals surface area contributed by atoms with Crippen LogP contribution in [0.15, 0.2) is 65.0 Å². The predicted octanol–water partition coefficient (Wildman–Crippen LogP) is 5.00. The Hall–Kier alpha value is -2.31. The number of aryl methyl sites for hydroxylation is 2. The fraction of sp³-hybridized carbons (Fsp3) is 0.273. The highest BCUT2D eigenvalue weighted by Gasteiger charge is 2.25. The molecular formula is C22H22N4S2. The third-order valence-corrected chi connectivity index (χ3v) is 6.79. The first-order chi connectivity index (χ1) is 13.7. The van der Waals surface area contributed by atoms with Crippen LogP contribution in [0.1, 0.15) is 30.4 Å². The third kappa shape index (κ3) is 3.66. The Balaban J connectivity index is 1.23. The molecule has 6 heteroatoms. The number of hydrogen-bond donors (Lipinski definition) is 3. The summed E-state index contributed by atoms with van der Waals surface area (Å²) in [6.45, 7) is 0. The van der Waals surface area contributed by atoms with Gasteiger partial charge in [0.2, 0.25) is 0 Å². The SMILES string of the molecule is S=C(NC1=CC(C2Nc3ccncc3S2)=CCC1)Nc1ccc2c(c1)CCC2. The van der Waals surface area contributed by atoms with Gasteiger partial charge in [0, 0.05) is 23.8 Å². The van der Waals surface area contributed by atoms with Gasteiger partial charge in [-0.3, -0.25) is 4.98 Å². The van der Waals surface area contributed by atoms with E-state index in [2.05, 4.69) is 51.3 Å². The lowest BCUT2D eigenvalue weighted by Gasteiger charge is -2.20. The second kappa shape index (κ2) is 7.60. The van der Waals surface area contributed by atoms with E-state index >= 15 is 0 Å². The van der Waals surface area contributed by atoms with Crippen LogP contribution >= 0.6 is 24.0 Å². The summed E-state index contributed by atoms with van der Waals surface area (Å²) >= 11 is 7.38. The fourth-order valence-corrected chi connectivity index (χ4v) is 5.37. The second-order valence-corrected chi connectivity index (χ2v) is 8.90. The summed E-state index contributed by atoms with van der Waals surface area (Å²) in [6, 6.07) is 8.62. The van der Waals surface area contributed by atoms with Crippen molar-refractivity contribution in [1.82, 2.24) is 10.3 Å². The molecule has 0 fully saturated rings. The number of allylic oxidation sites excluding steroid dienone is 2. The van der Waals surface area contributed by atoms with Crippen LogP contribution in [0.3, 0.4) is 0 Å². The number of pyridine rings is 1. The minimum absolute atomic E-state index is 0.231. The van der Waals surface area contributed by atoms with Gasteiger partial charge in [-0.05, 0) is 85.3 Å². The normalized spacial score (nSPS) is 19.8. The number of nitrogens with zero attached hydrogens (tertiary/aromatic N) is 1. The van der Waals surface area contributed by atoms with Crippen molar-refractivity contribution < 1.29 is 0 Å². The van der Waals surface area contributed by atoms with E-state index in [9.17, 15) is 0 Å². The van der Waals surface area contributed by atoms with Crippen LogP contribution in [0.25, 0.3) is 0 Å². The number of rotatable bonds is 3. The van der Waals surface area contributed by atoms with Gasteiger partial charge in [0.25, 0.3) is 0 Å². The van der Waals surface area contributed by atoms with E-state index in [1.54, 1.807) is 0 Å². The molecule has 5 rings (SSSR count). The minimum atomic E-state index is 0.231. The molecule has 3 aliphatic rings. The first-order valence-electron chi connectivity index (χ1n) is 9.72. The number of thiocarbonyl (C=S) groups is 1. The molecule has 2 heterocycles. The molecule has 2 aliphatic carbocycles. The van der Waals surface area contributed by atoms with E-state index in [1.165, 1.54) is 40.9 Å². The lowest BCUT2D eigenvalue weighted by molar-refractivity contribution is 0.875. The Morgan fingerprint density at radius 1 is 1.14 bits per heavy atom. The summed E-state index contributed by atoms with van der Waals surface area (Å²) in [5, 5.41) is 11.2. The largest absolute Gasteiger partial charge is 0.368 e. The van der Waals surface area contributed by atoms with Crippen LogP contribution in [0.4, 0.5) is 11.4 Å². The smallest absolute Gasteiger partial charge is 0.175 e. The Labute approximate surface area is 174 Å². The van der Waals surface area contributed by atoms with Gasteiger partial charge >= 0.3 is 0 Å². The van der Waals surface area contributed by atoms with E-state index in [0.717, 1.165) is 29.9 Å². The molecule has 0 saturated heterocycles. The number of nitrogens with one attached hydrogen (secondary N) is 3. The summed E-state index contributed by atoms with van der Waals surface area (Å²) in [5.41, 5.74) is 7.61. The summed E-state index contributed by atoms with van der Waals surface area (Å²) in [7, 11) is 0. The highest BCUT2D eigenvalue weighted by molar-refractivity contribution is 8.00. The minimum Gasteiger partial charge on any atom is -0.368 e. The maximum absolute atomic E-state index is 5.56. The summed E-state index contributed by atoms with van der Waals surface area (Å²) in [4.78, 5) is 5.42. The van der Waals surface area contributed by atoms with Crippen LogP contribution < -0.4 is 16.0 Å². The average molecular weight is 407 g/mol. The van der Waals surface area contributed by atoms with Gasteiger partial charge in [-0.1, -0.05) is 23.9 Å². The Morgan fingerprint density at radius 2 is 2.07 bits per heavy atom. The number of benzene rings is 1. The number of aromatic nitrogens is 1. The molecule has 1 aliphatic heterocycles. The number of fused-ring (bicyclic) bond motifs is 2. The second-order valence-electron chi connectivity index (χ2n) is 7.34. The molecule has 1 atom stereocenters. The van der Waals surface area contributed by atoms with E-state index in [4.69, 9.17) is 12.2 Å². The Morgan fingerprint density at radius 3 is 3.00 bits per heavy atom. The van der Waals surface area contributed by atoms with E-state index < -0.39 is 0 Å². The van der Waals surface area contributed by atoms with Gasteiger partial charge in [0.05, 0.1) is 10.6 Å². The van der Waals surface area contributed by atoms with Crippen LogP contribution in [-0.4, -0.2) is 15.5 Å². The van der Waals surface area contributed by atoms with Gasteiger partial charge in [-0.25, -0.2) is 0 Å². The van der Waals surface area contributed by atoms with Crippen LogP contribution in [-0.2, 0) is 12.8 Å². The van der Waals surface area contributed by atoms with Crippen molar-refractivity contribution in [2.75, 3.05) is 10.6 Å². The standard InChI is InChI=1S/C22H22N4S2/c27-22(25-18-8-7-14-3-1-4-15(14)11-18)24-17-6-2-5-16(12-17)21-26-19-9-10-23-13-20(19)28-21/h5,7-13,21,26H,1-4,6H2,(H2,24,25,27). The average Bonchev–Trinajstić information content (AvgIpc) is 3.34. The number of thioether (sulfide) groups is 1. The molecule has 1 aromatic carbocycles. The zero-order valence-electron chi connectivity index (χ0n) is 15.5. The van der Waals surface area contributed by atoms with Crippen LogP contribution in [0.2, 0.25) is 0 Å². The molecular weight excluding hydrogens is 384 g/mol. The van der Waals surface area contributed by atoms with Gasteiger partial charge in [0.15, 0.2) is 5.11 Å². The molecule has 0 bridgehead atoms. The molecule has 0 spiro atoms. The maximum Gasteiger partial charge on any atom is 0.175 e. The third-order valence-electron chi connectivity index (χ3n) is 5.38. The predicted molar refractivity (Wildman–Crippen MR) is 121 cm³/mol. The van der Waals surface area contributed by atoms with Crippen molar-refractivity contribution in [2.45, 2.75) is 42.4 Å². The fourth-order valence-electron chi connectivity index (χ4n) is 4.01. The molecule has 0 amide bonds. The van der Waals surface area contributed by atoms with E-state index in [0.29, 0.717) is 5.11 Å². The molecule has 0 saturated carbocycles. The summed E-state index contributed by atoms with van der Waals surface area (Å²) < 4.78 is 0. The Kier molecular flexibility index (Phi) is 4.82. The van der Waals surface area contributed by atoms with E-state index in [1.807, 2.05) is 30.2 Å². The van der Waals surface area contributed by atoms with Gasteiger partial charge in [0.1, 0.15) is 5.37 Å². The number of hydrogen-bond acceptors (Lipinski definition) is 4. The zero-order chi connectivity index (χ0) is 18.9.